The molecule has 0 bridgehead atoms. The Hall–Kier alpha value is -2.02. The Morgan fingerprint density at radius 3 is 2.95 bits per heavy atom. The number of ether oxygens (including phenoxy) is 1. The van der Waals surface area contributed by atoms with Gasteiger partial charge in [-0.15, -0.1) is 10.2 Å². The average Bonchev–Trinajstić information content (AvgIpc) is 3.24. The molecule has 1 saturated heterocycles. The Bertz CT molecular complexity index is 653. The van der Waals surface area contributed by atoms with Crippen LogP contribution in [0, 0.1) is 0 Å². The molecule has 1 aromatic carbocycles. The normalized spacial score (nSPS) is 14.3. The highest BCUT2D eigenvalue weighted by Gasteiger charge is 2.19. The summed E-state index contributed by atoms with van der Waals surface area (Å²) < 4.78 is 10.8. The number of aromatic nitrogens is 2. The summed E-state index contributed by atoms with van der Waals surface area (Å²) in [5, 5.41) is 8.41. The summed E-state index contributed by atoms with van der Waals surface area (Å²) in [5.41, 5.74) is 0.796. The van der Waals surface area contributed by atoms with Gasteiger partial charge < -0.3 is 14.1 Å². The van der Waals surface area contributed by atoms with Crippen molar-refractivity contribution >= 4 is 17.7 Å². The highest BCUT2D eigenvalue weighted by Crippen LogP contribution is 2.26. The van der Waals surface area contributed by atoms with E-state index in [9.17, 15) is 4.79 Å². The largest absolute Gasteiger partial charge is 0.497 e. The average molecular weight is 319 g/mol. The van der Waals surface area contributed by atoms with Crippen molar-refractivity contribution in [2.75, 3.05) is 26.0 Å². The zero-order valence-electron chi connectivity index (χ0n) is 12.3. The SMILES string of the molecule is COc1cccc(-c2nnc(SCC(=O)N3CCCC3)o2)c1. The lowest BCUT2D eigenvalue weighted by Gasteiger charge is -2.13. The molecule has 3 rings (SSSR count). The number of hydrogen-bond donors (Lipinski definition) is 0. The second kappa shape index (κ2) is 6.83. The number of carbonyl (C=O) groups excluding carboxylic acids is 1. The van der Waals surface area contributed by atoms with Crippen LogP contribution >= 0.6 is 11.8 Å². The monoisotopic (exact) mass is 319 g/mol. The predicted molar refractivity (Wildman–Crippen MR) is 82.8 cm³/mol. The number of carbonyl (C=O) groups is 1. The highest BCUT2D eigenvalue weighted by atomic mass is 32.2. The molecule has 0 saturated carbocycles. The minimum atomic E-state index is 0.128. The van der Waals surface area contributed by atoms with Crippen LogP contribution in [0.25, 0.3) is 11.5 Å². The molecule has 6 nitrogen and oxygen atoms in total. The zero-order chi connectivity index (χ0) is 15.4. The molecular weight excluding hydrogens is 302 g/mol. The number of hydrogen-bond acceptors (Lipinski definition) is 6. The molecule has 0 spiro atoms. The Kier molecular flexibility index (Phi) is 4.62. The smallest absolute Gasteiger partial charge is 0.277 e. The molecule has 7 heteroatoms. The van der Waals surface area contributed by atoms with Crippen molar-refractivity contribution in [2.45, 2.75) is 18.1 Å². The van der Waals surface area contributed by atoms with Crippen LogP contribution in [0.15, 0.2) is 33.9 Å². The van der Waals surface area contributed by atoms with E-state index in [0.29, 0.717) is 16.9 Å². The first-order chi connectivity index (χ1) is 10.8. The molecule has 2 aromatic rings. The Balaban J connectivity index is 1.62. The molecule has 22 heavy (non-hydrogen) atoms. The number of nitrogens with zero attached hydrogens (tertiary/aromatic N) is 3. The molecule has 1 amide bonds. The summed E-state index contributed by atoms with van der Waals surface area (Å²) in [6.45, 7) is 1.72. The minimum absolute atomic E-state index is 0.128. The van der Waals surface area contributed by atoms with Gasteiger partial charge in [0, 0.05) is 18.7 Å². The Labute approximate surface area is 132 Å². The third-order valence-corrected chi connectivity index (χ3v) is 4.30. The van der Waals surface area contributed by atoms with Gasteiger partial charge in [-0.2, -0.15) is 0 Å². The van der Waals surface area contributed by atoms with E-state index < -0.39 is 0 Å². The summed E-state index contributed by atoms with van der Waals surface area (Å²) in [7, 11) is 1.61. The molecule has 1 aromatic heterocycles. The lowest BCUT2D eigenvalue weighted by Crippen LogP contribution is -2.29. The van der Waals surface area contributed by atoms with Gasteiger partial charge in [0.2, 0.25) is 11.8 Å². The van der Waals surface area contributed by atoms with E-state index >= 15 is 0 Å². The van der Waals surface area contributed by atoms with Crippen LogP contribution < -0.4 is 4.74 Å². The quantitative estimate of drug-likeness (QED) is 0.789. The molecule has 1 aliphatic heterocycles. The van der Waals surface area contributed by atoms with Crippen molar-refractivity contribution in [3.05, 3.63) is 24.3 Å². The fraction of sp³-hybridized carbons (Fsp3) is 0.400. The summed E-state index contributed by atoms with van der Waals surface area (Å²) in [4.78, 5) is 13.9. The second-order valence-electron chi connectivity index (χ2n) is 4.98. The van der Waals surface area contributed by atoms with Gasteiger partial charge in [-0.05, 0) is 31.0 Å². The van der Waals surface area contributed by atoms with Crippen molar-refractivity contribution in [3.63, 3.8) is 0 Å². The molecule has 0 unspecified atom stereocenters. The first-order valence-corrected chi connectivity index (χ1v) is 8.13. The van der Waals surface area contributed by atoms with Crippen molar-refractivity contribution in [1.82, 2.24) is 15.1 Å². The van der Waals surface area contributed by atoms with Crippen molar-refractivity contribution in [1.29, 1.82) is 0 Å². The molecular formula is C15H17N3O3S. The molecule has 0 N–H and O–H groups in total. The van der Waals surface area contributed by atoms with Crippen molar-refractivity contribution in [3.8, 4) is 17.2 Å². The van der Waals surface area contributed by atoms with Gasteiger partial charge in [-0.3, -0.25) is 4.79 Å². The maximum atomic E-state index is 12.0. The summed E-state index contributed by atoms with van der Waals surface area (Å²) in [6, 6.07) is 7.42. The van der Waals surface area contributed by atoms with E-state index in [2.05, 4.69) is 10.2 Å². The Morgan fingerprint density at radius 2 is 2.18 bits per heavy atom. The van der Waals surface area contributed by atoms with Gasteiger partial charge >= 0.3 is 0 Å². The fourth-order valence-electron chi connectivity index (χ4n) is 2.32. The topological polar surface area (TPSA) is 68.5 Å². The number of rotatable bonds is 5. The van der Waals surface area contributed by atoms with Crippen molar-refractivity contribution in [2.24, 2.45) is 0 Å². The summed E-state index contributed by atoms with van der Waals surface area (Å²) in [6.07, 6.45) is 2.19. The van der Waals surface area contributed by atoms with Crippen LogP contribution in [0.4, 0.5) is 0 Å². The molecule has 0 radical (unpaired) electrons. The van der Waals surface area contributed by atoms with E-state index in [-0.39, 0.29) is 5.91 Å². The van der Waals surface area contributed by atoms with E-state index in [1.54, 1.807) is 7.11 Å². The van der Waals surface area contributed by atoms with Crippen molar-refractivity contribution < 1.29 is 13.9 Å². The van der Waals surface area contributed by atoms with Gasteiger partial charge in [0.1, 0.15) is 5.75 Å². The second-order valence-corrected chi connectivity index (χ2v) is 5.91. The molecule has 0 aliphatic carbocycles. The highest BCUT2D eigenvalue weighted by molar-refractivity contribution is 7.99. The van der Waals surface area contributed by atoms with Crippen LogP contribution in [-0.2, 0) is 4.79 Å². The van der Waals surface area contributed by atoms with E-state index in [1.807, 2.05) is 29.2 Å². The molecule has 1 aliphatic rings. The van der Waals surface area contributed by atoms with Gasteiger partial charge in [0.15, 0.2) is 0 Å². The number of methoxy groups -OCH3 is 1. The van der Waals surface area contributed by atoms with Gasteiger partial charge in [-0.1, -0.05) is 17.8 Å². The molecule has 1 fully saturated rings. The first kappa shape index (κ1) is 14.9. The number of amides is 1. The number of benzene rings is 1. The molecule has 2 heterocycles. The minimum Gasteiger partial charge on any atom is -0.497 e. The maximum Gasteiger partial charge on any atom is 0.277 e. The Morgan fingerprint density at radius 1 is 1.36 bits per heavy atom. The number of thioether (sulfide) groups is 1. The third-order valence-electron chi connectivity index (χ3n) is 3.50. The van der Waals surface area contributed by atoms with Crippen LogP contribution in [0.1, 0.15) is 12.8 Å². The lowest BCUT2D eigenvalue weighted by molar-refractivity contribution is -0.127. The van der Waals surface area contributed by atoms with Crippen LogP contribution in [-0.4, -0.2) is 47.0 Å². The van der Waals surface area contributed by atoms with Gasteiger partial charge in [0.25, 0.3) is 5.22 Å². The van der Waals surface area contributed by atoms with Crippen LogP contribution in [0.2, 0.25) is 0 Å². The van der Waals surface area contributed by atoms with E-state index in [4.69, 9.17) is 9.15 Å². The van der Waals surface area contributed by atoms with E-state index in [0.717, 1.165) is 37.2 Å². The maximum absolute atomic E-state index is 12.0. The summed E-state index contributed by atoms with van der Waals surface area (Å²) in [5.74, 6) is 1.62. The summed E-state index contributed by atoms with van der Waals surface area (Å²) >= 11 is 1.28. The fourth-order valence-corrected chi connectivity index (χ4v) is 2.99. The lowest BCUT2D eigenvalue weighted by atomic mass is 10.2. The predicted octanol–water partition coefficient (Wildman–Crippen LogP) is 2.46. The van der Waals surface area contributed by atoms with Crippen LogP contribution in [0.3, 0.4) is 0 Å². The first-order valence-electron chi connectivity index (χ1n) is 7.15. The number of likely N-dealkylation sites (tertiary alicyclic amines) is 1. The zero-order valence-corrected chi connectivity index (χ0v) is 13.1. The van der Waals surface area contributed by atoms with Gasteiger partial charge in [0.05, 0.1) is 12.9 Å². The van der Waals surface area contributed by atoms with E-state index in [1.165, 1.54) is 11.8 Å². The standard InChI is InChI=1S/C15H17N3O3S/c1-20-12-6-4-5-11(9-12)14-16-17-15(21-14)22-10-13(19)18-7-2-3-8-18/h4-6,9H,2-3,7-8,10H2,1H3. The van der Waals surface area contributed by atoms with Crippen LogP contribution in [0.5, 0.6) is 5.75 Å². The molecule has 116 valence electrons. The van der Waals surface area contributed by atoms with Gasteiger partial charge in [-0.25, -0.2) is 0 Å². The third kappa shape index (κ3) is 3.41. The molecule has 0 atom stereocenters.